The number of ether oxygens (including phenoxy) is 1. The highest BCUT2D eigenvalue weighted by Crippen LogP contribution is 2.28. The van der Waals surface area contributed by atoms with Crippen LogP contribution in [0.15, 0.2) is 107 Å². The van der Waals surface area contributed by atoms with Crippen LogP contribution in [0.5, 0.6) is 5.75 Å². The standard InChI is InChI=1S/C32H31ClN4O5S/c1-23-8-16-29(17-9-23)43(40,41)37(27-13-10-24(2)30(33)18-27)21-31(38)36-35-20-26-11-14-28(15-12-26)42-22-32(39)34-19-25-6-4-3-5-7-25/h3-18,20H,19,21-22H2,1-2H3,(H,34,39)(H,36,38)/b35-20-. The van der Waals surface area contributed by atoms with E-state index >= 15 is 0 Å². The van der Waals surface area contributed by atoms with Crippen LogP contribution < -0.4 is 19.8 Å². The van der Waals surface area contributed by atoms with Gasteiger partial charge in [-0.25, -0.2) is 13.8 Å². The number of carbonyl (C=O) groups excluding carboxylic acids is 2. The van der Waals surface area contributed by atoms with Gasteiger partial charge in [0.15, 0.2) is 6.61 Å². The van der Waals surface area contributed by atoms with Crippen LogP contribution in [0, 0.1) is 13.8 Å². The smallest absolute Gasteiger partial charge is 0.264 e. The Morgan fingerprint density at radius 2 is 1.60 bits per heavy atom. The van der Waals surface area contributed by atoms with E-state index in [1.54, 1.807) is 55.5 Å². The lowest BCUT2D eigenvalue weighted by molar-refractivity contribution is -0.123. The van der Waals surface area contributed by atoms with Gasteiger partial charge in [-0.15, -0.1) is 0 Å². The Balaban J connectivity index is 1.34. The molecule has 0 spiro atoms. The van der Waals surface area contributed by atoms with E-state index in [2.05, 4.69) is 15.8 Å². The fraction of sp³-hybridized carbons (Fsp3) is 0.156. The molecule has 0 aromatic heterocycles. The van der Waals surface area contributed by atoms with Crippen LogP contribution in [0.2, 0.25) is 5.02 Å². The molecule has 9 nitrogen and oxygen atoms in total. The second-order valence-corrected chi connectivity index (χ2v) is 11.9. The van der Waals surface area contributed by atoms with Gasteiger partial charge in [0, 0.05) is 11.6 Å². The minimum atomic E-state index is -4.09. The first-order valence-electron chi connectivity index (χ1n) is 13.3. The Hall–Kier alpha value is -4.67. The molecule has 0 unspecified atom stereocenters. The van der Waals surface area contributed by atoms with Gasteiger partial charge in [0.1, 0.15) is 12.3 Å². The van der Waals surface area contributed by atoms with E-state index in [0.29, 0.717) is 22.9 Å². The Labute approximate surface area is 256 Å². The zero-order chi connectivity index (χ0) is 30.8. The summed E-state index contributed by atoms with van der Waals surface area (Å²) >= 11 is 6.27. The highest BCUT2D eigenvalue weighted by molar-refractivity contribution is 7.92. The zero-order valence-electron chi connectivity index (χ0n) is 23.7. The van der Waals surface area contributed by atoms with E-state index in [9.17, 15) is 18.0 Å². The van der Waals surface area contributed by atoms with Crippen molar-refractivity contribution in [3.05, 3.63) is 124 Å². The Morgan fingerprint density at radius 1 is 0.907 bits per heavy atom. The molecule has 222 valence electrons. The van der Waals surface area contributed by atoms with Crippen LogP contribution in [0.4, 0.5) is 5.69 Å². The van der Waals surface area contributed by atoms with Gasteiger partial charge in [0.05, 0.1) is 16.8 Å². The van der Waals surface area contributed by atoms with Crippen molar-refractivity contribution < 1.29 is 22.7 Å². The second kappa shape index (κ2) is 14.5. The number of benzene rings is 4. The molecule has 0 atom stereocenters. The molecule has 2 N–H and O–H groups in total. The average Bonchev–Trinajstić information content (AvgIpc) is 3.00. The summed E-state index contributed by atoms with van der Waals surface area (Å²) < 4.78 is 33.6. The van der Waals surface area contributed by atoms with Crippen molar-refractivity contribution in [2.45, 2.75) is 25.3 Å². The molecule has 0 aliphatic rings. The molecule has 0 saturated heterocycles. The Bertz CT molecular complexity index is 1690. The lowest BCUT2D eigenvalue weighted by Crippen LogP contribution is -2.39. The molecule has 0 bridgehead atoms. The second-order valence-electron chi connectivity index (χ2n) is 9.67. The highest BCUT2D eigenvalue weighted by atomic mass is 35.5. The first-order valence-corrected chi connectivity index (χ1v) is 15.1. The largest absolute Gasteiger partial charge is 0.484 e. The predicted molar refractivity (Wildman–Crippen MR) is 168 cm³/mol. The fourth-order valence-corrected chi connectivity index (χ4v) is 5.47. The summed E-state index contributed by atoms with van der Waals surface area (Å²) in [7, 11) is -4.09. The highest BCUT2D eigenvalue weighted by Gasteiger charge is 2.27. The van der Waals surface area contributed by atoms with Gasteiger partial charge in [-0.1, -0.05) is 65.7 Å². The van der Waals surface area contributed by atoms with Crippen molar-refractivity contribution in [3.63, 3.8) is 0 Å². The maximum atomic E-state index is 13.5. The molecule has 4 rings (SSSR count). The Morgan fingerprint density at radius 3 is 2.28 bits per heavy atom. The number of sulfonamides is 1. The first-order chi connectivity index (χ1) is 20.6. The summed E-state index contributed by atoms with van der Waals surface area (Å²) in [5.41, 5.74) is 5.95. The maximum Gasteiger partial charge on any atom is 0.264 e. The molecule has 0 saturated carbocycles. The third-order valence-corrected chi connectivity index (χ3v) is 8.52. The number of nitrogens with zero attached hydrogens (tertiary/aromatic N) is 2. The third kappa shape index (κ3) is 8.91. The molecule has 0 radical (unpaired) electrons. The van der Waals surface area contributed by atoms with E-state index in [-0.39, 0.29) is 23.1 Å². The summed E-state index contributed by atoms with van der Waals surface area (Å²) in [6.07, 6.45) is 1.41. The van der Waals surface area contributed by atoms with E-state index < -0.39 is 22.5 Å². The average molecular weight is 619 g/mol. The van der Waals surface area contributed by atoms with Crippen LogP contribution in [0.25, 0.3) is 0 Å². The number of nitrogens with one attached hydrogen (secondary N) is 2. The maximum absolute atomic E-state index is 13.5. The van der Waals surface area contributed by atoms with E-state index in [1.807, 2.05) is 37.3 Å². The number of halogens is 1. The molecule has 0 aliphatic heterocycles. The molecule has 43 heavy (non-hydrogen) atoms. The van der Waals surface area contributed by atoms with Crippen molar-refractivity contribution in [3.8, 4) is 5.75 Å². The SMILES string of the molecule is Cc1ccc(S(=O)(=O)N(CC(=O)N/N=C\c2ccc(OCC(=O)NCc3ccccc3)cc2)c2ccc(C)c(Cl)c2)cc1. The number of hydrogen-bond acceptors (Lipinski definition) is 6. The van der Waals surface area contributed by atoms with Crippen molar-refractivity contribution in [1.82, 2.24) is 10.7 Å². The lowest BCUT2D eigenvalue weighted by atomic mass is 10.2. The van der Waals surface area contributed by atoms with Gasteiger partial charge in [-0.2, -0.15) is 5.10 Å². The van der Waals surface area contributed by atoms with Crippen LogP contribution >= 0.6 is 11.6 Å². The third-order valence-electron chi connectivity index (χ3n) is 6.33. The number of hydrazone groups is 1. The van der Waals surface area contributed by atoms with E-state index in [4.69, 9.17) is 16.3 Å². The predicted octanol–water partition coefficient (Wildman–Crippen LogP) is 5.00. The van der Waals surface area contributed by atoms with Gasteiger partial charge in [-0.3, -0.25) is 13.9 Å². The summed E-state index contributed by atoms with van der Waals surface area (Å²) in [6.45, 7) is 3.41. The minimum Gasteiger partial charge on any atom is -0.484 e. The zero-order valence-corrected chi connectivity index (χ0v) is 25.2. The van der Waals surface area contributed by atoms with Crippen molar-refractivity contribution in [2.24, 2.45) is 5.10 Å². The number of carbonyl (C=O) groups is 2. The molecule has 11 heteroatoms. The Kier molecular flexibility index (Phi) is 10.5. The molecular formula is C32H31ClN4O5S. The van der Waals surface area contributed by atoms with Gasteiger partial charge in [0.2, 0.25) is 0 Å². The van der Waals surface area contributed by atoms with Crippen LogP contribution in [-0.4, -0.2) is 39.6 Å². The van der Waals surface area contributed by atoms with Crippen LogP contribution in [-0.2, 0) is 26.2 Å². The van der Waals surface area contributed by atoms with Gasteiger partial charge >= 0.3 is 0 Å². The molecule has 4 aromatic rings. The number of anilines is 1. The summed E-state index contributed by atoms with van der Waals surface area (Å²) in [6, 6.07) is 27.5. The van der Waals surface area contributed by atoms with Crippen molar-refractivity contribution >= 4 is 45.3 Å². The molecule has 4 aromatic carbocycles. The van der Waals surface area contributed by atoms with Crippen molar-refractivity contribution in [1.29, 1.82) is 0 Å². The molecule has 0 fully saturated rings. The van der Waals surface area contributed by atoms with Crippen LogP contribution in [0.3, 0.4) is 0 Å². The molecule has 0 heterocycles. The normalized spacial score (nSPS) is 11.2. The van der Waals surface area contributed by atoms with Gasteiger partial charge < -0.3 is 10.1 Å². The van der Waals surface area contributed by atoms with Gasteiger partial charge in [0.25, 0.3) is 21.8 Å². The van der Waals surface area contributed by atoms with Gasteiger partial charge in [-0.05, 0) is 79.1 Å². The lowest BCUT2D eigenvalue weighted by Gasteiger charge is -2.24. The molecule has 0 aliphatic carbocycles. The number of aryl methyl sites for hydroxylation is 2. The van der Waals surface area contributed by atoms with E-state index in [0.717, 1.165) is 21.0 Å². The summed E-state index contributed by atoms with van der Waals surface area (Å²) in [5.74, 6) is -0.404. The number of amides is 2. The molecular weight excluding hydrogens is 588 g/mol. The fourth-order valence-electron chi connectivity index (χ4n) is 3.88. The minimum absolute atomic E-state index is 0.0436. The number of rotatable bonds is 12. The van der Waals surface area contributed by atoms with Crippen molar-refractivity contribution in [2.75, 3.05) is 17.5 Å². The molecule has 2 amide bonds. The summed E-state index contributed by atoms with van der Waals surface area (Å²) in [5, 5.41) is 7.14. The quantitative estimate of drug-likeness (QED) is 0.171. The summed E-state index contributed by atoms with van der Waals surface area (Å²) in [4.78, 5) is 24.9. The van der Waals surface area contributed by atoms with Crippen LogP contribution in [0.1, 0.15) is 22.3 Å². The monoisotopic (exact) mass is 618 g/mol. The van der Waals surface area contributed by atoms with E-state index in [1.165, 1.54) is 24.4 Å². The first kappa shape index (κ1) is 31.3. The number of hydrogen-bond donors (Lipinski definition) is 2. The topological polar surface area (TPSA) is 117 Å².